The van der Waals surface area contributed by atoms with Gasteiger partial charge in [0, 0.05) is 34.1 Å². The highest BCUT2D eigenvalue weighted by Crippen LogP contribution is 2.32. The highest BCUT2D eigenvalue weighted by Gasteiger charge is 2.19. The Hall–Kier alpha value is -2.76. The molecule has 1 aromatic carbocycles. The summed E-state index contributed by atoms with van der Waals surface area (Å²) in [5, 5.41) is 9.45. The first-order chi connectivity index (χ1) is 11.7. The Morgan fingerprint density at radius 1 is 1.17 bits per heavy atom. The molecule has 120 valence electrons. The first-order valence-electron chi connectivity index (χ1n) is 8.22. The molecule has 1 N–H and O–H groups in total. The van der Waals surface area contributed by atoms with Crippen molar-refractivity contribution < 1.29 is 4.39 Å². The molecule has 24 heavy (non-hydrogen) atoms. The van der Waals surface area contributed by atoms with E-state index in [0.717, 1.165) is 52.8 Å². The summed E-state index contributed by atoms with van der Waals surface area (Å²) < 4.78 is 15.8. The monoisotopic (exact) mass is 321 g/mol. The van der Waals surface area contributed by atoms with E-state index in [2.05, 4.69) is 20.2 Å². The van der Waals surface area contributed by atoms with Crippen LogP contribution in [-0.2, 0) is 12.8 Å². The van der Waals surface area contributed by atoms with E-state index in [1.165, 1.54) is 18.2 Å². The highest BCUT2D eigenvalue weighted by atomic mass is 19.1. The van der Waals surface area contributed by atoms with Crippen molar-refractivity contribution in [1.29, 1.82) is 0 Å². The van der Waals surface area contributed by atoms with Crippen LogP contribution in [0.5, 0.6) is 0 Å². The number of hydrogen-bond acceptors (Lipinski definition) is 3. The zero-order valence-electron chi connectivity index (χ0n) is 13.3. The van der Waals surface area contributed by atoms with Crippen LogP contribution in [-0.4, -0.2) is 24.6 Å². The molecule has 3 aromatic heterocycles. The van der Waals surface area contributed by atoms with Gasteiger partial charge in [0.1, 0.15) is 5.82 Å². The minimum atomic E-state index is -0.247. The van der Waals surface area contributed by atoms with Gasteiger partial charge < -0.3 is 4.98 Å². The number of fused-ring (bicyclic) bond motifs is 4. The lowest BCUT2D eigenvalue weighted by atomic mass is 10.0. The number of rotatable bonds is 1. The number of H-pyrrole nitrogens is 1. The number of aromatic amines is 1. The lowest BCUT2D eigenvalue weighted by Crippen LogP contribution is -2.12. The number of aryl methyl sites for hydroxylation is 3. The molecule has 4 aromatic rings. The van der Waals surface area contributed by atoms with Gasteiger partial charge in [-0.3, -0.25) is 4.40 Å². The highest BCUT2D eigenvalue weighted by molar-refractivity contribution is 5.96. The standard InChI is InChI=1S/C18H16FN5/c1-10-17(12-8-11(19)6-7-13(12)20-10)15-9-24-16-5-3-2-4-14(16)22-23-18(24)21-15/h6-9,20H,2-5H2,1H3. The summed E-state index contributed by atoms with van der Waals surface area (Å²) in [5.41, 5.74) is 5.89. The molecule has 1 aliphatic carbocycles. The molecule has 0 atom stereocenters. The molecule has 1 aliphatic rings. The minimum absolute atomic E-state index is 0.247. The van der Waals surface area contributed by atoms with Gasteiger partial charge in [0.15, 0.2) is 0 Å². The van der Waals surface area contributed by atoms with Crippen molar-refractivity contribution in [2.45, 2.75) is 32.6 Å². The Balaban J connectivity index is 1.78. The van der Waals surface area contributed by atoms with E-state index >= 15 is 0 Å². The quantitative estimate of drug-likeness (QED) is 0.583. The van der Waals surface area contributed by atoms with Gasteiger partial charge in [-0.1, -0.05) is 0 Å². The number of benzene rings is 1. The molecule has 6 heteroatoms. The van der Waals surface area contributed by atoms with E-state index in [-0.39, 0.29) is 5.82 Å². The first kappa shape index (κ1) is 13.7. The van der Waals surface area contributed by atoms with Crippen LogP contribution in [0.25, 0.3) is 27.9 Å². The lowest BCUT2D eigenvalue weighted by molar-refractivity contribution is 0.627. The van der Waals surface area contributed by atoms with Gasteiger partial charge in [0.2, 0.25) is 0 Å². The number of nitrogens with one attached hydrogen (secondary N) is 1. The number of aromatic nitrogens is 5. The Bertz CT molecular complexity index is 1090. The molecule has 5 rings (SSSR count). The molecule has 0 spiro atoms. The van der Waals surface area contributed by atoms with Crippen LogP contribution in [0.2, 0.25) is 0 Å². The van der Waals surface area contributed by atoms with Gasteiger partial charge in [-0.25, -0.2) is 9.37 Å². The van der Waals surface area contributed by atoms with Crippen molar-refractivity contribution in [3.8, 4) is 11.3 Å². The number of imidazole rings is 1. The van der Waals surface area contributed by atoms with Gasteiger partial charge >= 0.3 is 0 Å². The smallest absolute Gasteiger partial charge is 0.254 e. The van der Waals surface area contributed by atoms with Gasteiger partial charge in [-0.2, -0.15) is 5.10 Å². The normalized spacial score (nSPS) is 14.4. The molecule has 3 heterocycles. The van der Waals surface area contributed by atoms with Crippen LogP contribution >= 0.6 is 0 Å². The maximum atomic E-state index is 13.7. The number of halogens is 1. The van der Waals surface area contributed by atoms with Crippen LogP contribution in [0.4, 0.5) is 4.39 Å². The molecule has 0 unspecified atom stereocenters. The zero-order chi connectivity index (χ0) is 16.3. The minimum Gasteiger partial charge on any atom is -0.358 e. The average molecular weight is 321 g/mol. The largest absolute Gasteiger partial charge is 0.358 e. The van der Waals surface area contributed by atoms with Crippen LogP contribution < -0.4 is 0 Å². The van der Waals surface area contributed by atoms with Crippen molar-refractivity contribution in [3.63, 3.8) is 0 Å². The molecule has 0 aliphatic heterocycles. The SMILES string of the molecule is Cc1[nH]c2ccc(F)cc2c1-c1cn2c3c(nnc2n1)CCCC3. The van der Waals surface area contributed by atoms with Crippen molar-refractivity contribution in [1.82, 2.24) is 24.6 Å². The summed E-state index contributed by atoms with van der Waals surface area (Å²) in [6.07, 6.45) is 6.31. The van der Waals surface area contributed by atoms with Gasteiger partial charge in [-0.15, -0.1) is 5.10 Å². The lowest BCUT2D eigenvalue weighted by Gasteiger charge is -2.14. The third-order valence-electron chi connectivity index (χ3n) is 4.85. The third-order valence-corrected chi connectivity index (χ3v) is 4.85. The van der Waals surface area contributed by atoms with E-state index in [9.17, 15) is 4.39 Å². The van der Waals surface area contributed by atoms with Crippen molar-refractivity contribution in [2.24, 2.45) is 0 Å². The van der Waals surface area contributed by atoms with Gasteiger partial charge in [-0.05, 0) is 50.8 Å². The summed E-state index contributed by atoms with van der Waals surface area (Å²) in [7, 11) is 0. The van der Waals surface area contributed by atoms with Crippen molar-refractivity contribution >= 4 is 16.7 Å². The van der Waals surface area contributed by atoms with Crippen molar-refractivity contribution in [3.05, 3.63) is 47.3 Å². The average Bonchev–Trinajstić information content (AvgIpc) is 3.14. The molecule has 0 saturated heterocycles. The summed E-state index contributed by atoms with van der Waals surface area (Å²) in [6, 6.07) is 4.78. The maximum Gasteiger partial charge on any atom is 0.254 e. The first-order valence-corrected chi connectivity index (χ1v) is 8.22. The Labute approximate surface area is 137 Å². The van der Waals surface area contributed by atoms with E-state index in [1.807, 2.05) is 17.5 Å². The Morgan fingerprint density at radius 3 is 2.96 bits per heavy atom. The van der Waals surface area contributed by atoms with E-state index in [0.29, 0.717) is 5.78 Å². The predicted octanol–water partition coefficient (Wildman–Crippen LogP) is 3.60. The fourth-order valence-electron chi connectivity index (χ4n) is 3.73. The fraction of sp³-hybridized carbons (Fsp3) is 0.278. The molecule has 0 fully saturated rings. The number of nitrogens with zero attached hydrogens (tertiary/aromatic N) is 4. The summed E-state index contributed by atoms with van der Waals surface area (Å²) in [6.45, 7) is 1.98. The molecule has 0 amide bonds. The third kappa shape index (κ3) is 1.89. The molecule has 5 nitrogen and oxygen atoms in total. The van der Waals surface area contributed by atoms with E-state index in [4.69, 9.17) is 0 Å². The van der Waals surface area contributed by atoms with Crippen LogP contribution in [0.1, 0.15) is 29.9 Å². The second kappa shape index (κ2) is 4.87. The van der Waals surface area contributed by atoms with Gasteiger partial charge in [0.25, 0.3) is 5.78 Å². The number of hydrogen-bond donors (Lipinski definition) is 1. The van der Waals surface area contributed by atoms with Gasteiger partial charge in [0.05, 0.1) is 11.4 Å². The van der Waals surface area contributed by atoms with E-state index < -0.39 is 0 Å². The molecule has 0 radical (unpaired) electrons. The fourth-order valence-corrected chi connectivity index (χ4v) is 3.73. The maximum absolute atomic E-state index is 13.7. The summed E-state index contributed by atoms with van der Waals surface area (Å²) >= 11 is 0. The zero-order valence-corrected chi connectivity index (χ0v) is 13.3. The second-order valence-electron chi connectivity index (χ2n) is 6.41. The summed E-state index contributed by atoms with van der Waals surface area (Å²) in [4.78, 5) is 7.96. The van der Waals surface area contributed by atoms with Crippen LogP contribution in [0, 0.1) is 12.7 Å². The Morgan fingerprint density at radius 2 is 2.04 bits per heavy atom. The second-order valence-corrected chi connectivity index (χ2v) is 6.41. The van der Waals surface area contributed by atoms with E-state index in [1.54, 1.807) is 12.1 Å². The van der Waals surface area contributed by atoms with Crippen molar-refractivity contribution in [2.75, 3.05) is 0 Å². The predicted molar refractivity (Wildman–Crippen MR) is 89.4 cm³/mol. The molecule has 0 bridgehead atoms. The Kier molecular flexibility index (Phi) is 2.77. The van der Waals surface area contributed by atoms with Crippen LogP contribution in [0.3, 0.4) is 0 Å². The molecular weight excluding hydrogens is 305 g/mol. The van der Waals surface area contributed by atoms with Crippen LogP contribution in [0.15, 0.2) is 24.4 Å². The molecule has 0 saturated carbocycles. The topological polar surface area (TPSA) is 58.9 Å². The molecular formula is C18H16FN5. The summed E-state index contributed by atoms with van der Waals surface area (Å²) in [5.74, 6) is 0.361.